The highest BCUT2D eigenvalue weighted by atomic mass is 127. The normalized spacial score (nSPS) is 14.3. The molecule has 0 amide bonds. The summed E-state index contributed by atoms with van der Waals surface area (Å²) >= 11 is 0. The highest BCUT2D eigenvalue weighted by Crippen LogP contribution is 2.19. The molecule has 0 aliphatic carbocycles. The molecule has 27 heavy (non-hydrogen) atoms. The van der Waals surface area contributed by atoms with Crippen molar-refractivity contribution in [2.75, 3.05) is 26.8 Å². The summed E-state index contributed by atoms with van der Waals surface area (Å²) in [6, 6.07) is 8.14. The Morgan fingerprint density at radius 3 is 2.74 bits per heavy atom. The number of halogens is 1. The fourth-order valence-corrected chi connectivity index (χ4v) is 2.75. The number of hydrogen-bond acceptors (Lipinski definition) is 4. The van der Waals surface area contributed by atoms with Crippen molar-refractivity contribution >= 4 is 29.9 Å². The molecule has 0 fully saturated rings. The first-order valence-electron chi connectivity index (χ1n) is 8.96. The summed E-state index contributed by atoms with van der Waals surface area (Å²) in [4.78, 5) is 8.79. The molecular weight excluding hydrogens is 455 g/mol. The van der Waals surface area contributed by atoms with E-state index in [0.717, 1.165) is 49.8 Å². The van der Waals surface area contributed by atoms with E-state index in [1.807, 2.05) is 12.1 Å². The molecule has 3 rings (SSSR count). The lowest BCUT2D eigenvalue weighted by Crippen LogP contribution is -2.37. The third-order valence-corrected chi connectivity index (χ3v) is 4.31. The van der Waals surface area contributed by atoms with E-state index in [1.165, 1.54) is 11.1 Å². The summed E-state index contributed by atoms with van der Waals surface area (Å²) in [5, 5.41) is 6.60. The van der Waals surface area contributed by atoms with Crippen LogP contribution in [0.5, 0.6) is 0 Å². The van der Waals surface area contributed by atoms with E-state index in [2.05, 4.69) is 45.7 Å². The van der Waals surface area contributed by atoms with Gasteiger partial charge in [-0.15, -0.1) is 24.0 Å². The van der Waals surface area contributed by atoms with Crippen LogP contribution in [-0.4, -0.2) is 37.7 Å². The number of hydrogen-bond donors (Lipinski definition) is 2. The highest BCUT2D eigenvalue weighted by molar-refractivity contribution is 14.0. The van der Waals surface area contributed by atoms with Crippen molar-refractivity contribution in [2.45, 2.75) is 26.3 Å². The molecule has 2 heterocycles. The maximum atomic E-state index is 5.59. The van der Waals surface area contributed by atoms with E-state index in [-0.39, 0.29) is 24.0 Å². The first-order chi connectivity index (χ1) is 12.7. The average Bonchev–Trinajstić information content (AvgIpc) is 3.15. The number of nitrogens with one attached hydrogen (secondary N) is 2. The first-order valence-corrected chi connectivity index (χ1v) is 8.96. The van der Waals surface area contributed by atoms with Crippen LogP contribution in [0.3, 0.4) is 0 Å². The number of rotatable bonds is 6. The third kappa shape index (κ3) is 6.66. The number of aryl methyl sites for hydroxylation is 1. The summed E-state index contributed by atoms with van der Waals surface area (Å²) in [6.07, 6.45) is 5.88. The van der Waals surface area contributed by atoms with Gasteiger partial charge in [0.05, 0.1) is 25.5 Å². The quantitative estimate of drug-likeness (QED) is 0.285. The van der Waals surface area contributed by atoms with E-state index in [9.17, 15) is 0 Å². The van der Waals surface area contributed by atoms with E-state index >= 15 is 0 Å². The molecule has 0 saturated carbocycles. The highest BCUT2D eigenvalue weighted by Gasteiger charge is 2.08. The minimum Gasteiger partial charge on any atom is -0.444 e. The van der Waals surface area contributed by atoms with Gasteiger partial charge in [-0.2, -0.15) is 0 Å². The van der Waals surface area contributed by atoms with Gasteiger partial charge in [-0.05, 0) is 31.9 Å². The maximum Gasteiger partial charge on any atom is 0.226 e. The number of oxazole rings is 1. The minimum atomic E-state index is 0. The van der Waals surface area contributed by atoms with Crippen molar-refractivity contribution < 1.29 is 9.15 Å². The smallest absolute Gasteiger partial charge is 0.226 e. The van der Waals surface area contributed by atoms with Crippen molar-refractivity contribution in [2.24, 2.45) is 4.99 Å². The Morgan fingerprint density at radius 1 is 1.22 bits per heavy atom. The summed E-state index contributed by atoms with van der Waals surface area (Å²) in [5.41, 5.74) is 4.48. The lowest BCUT2D eigenvalue weighted by molar-refractivity contribution is 0.153. The molecule has 1 aliphatic rings. The molecule has 1 aromatic heterocycles. The van der Waals surface area contributed by atoms with Gasteiger partial charge in [0.25, 0.3) is 0 Å². The Morgan fingerprint density at radius 2 is 2.04 bits per heavy atom. The van der Waals surface area contributed by atoms with Crippen LogP contribution in [0.25, 0.3) is 11.5 Å². The molecule has 7 heteroatoms. The van der Waals surface area contributed by atoms with Gasteiger partial charge in [0.2, 0.25) is 5.89 Å². The Balaban J connectivity index is 0.00000261. The molecule has 0 radical (unpaired) electrons. The van der Waals surface area contributed by atoms with Gasteiger partial charge >= 0.3 is 0 Å². The molecule has 2 aromatic rings. The molecule has 0 bridgehead atoms. The second-order valence-corrected chi connectivity index (χ2v) is 6.30. The summed E-state index contributed by atoms with van der Waals surface area (Å²) in [6.45, 7) is 5.03. The van der Waals surface area contributed by atoms with Gasteiger partial charge in [-0.1, -0.05) is 29.3 Å². The van der Waals surface area contributed by atoms with Gasteiger partial charge in [0.1, 0.15) is 6.26 Å². The zero-order valence-corrected chi connectivity index (χ0v) is 18.2. The van der Waals surface area contributed by atoms with Crippen LogP contribution >= 0.6 is 24.0 Å². The zero-order chi connectivity index (χ0) is 18.2. The van der Waals surface area contributed by atoms with Crippen LogP contribution in [-0.2, 0) is 11.3 Å². The Labute approximate surface area is 177 Å². The number of ether oxygens (including phenoxy) is 1. The molecule has 146 valence electrons. The molecule has 1 aromatic carbocycles. The van der Waals surface area contributed by atoms with Crippen molar-refractivity contribution in [1.82, 2.24) is 15.6 Å². The Bertz CT molecular complexity index is 769. The van der Waals surface area contributed by atoms with Crippen molar-refractivity contribution in [3.8, 4) is 11.5 Å². The Hall–Kier alpha value is -1.87. The second-order valence-electron chi connectivity index (χ2n) is 6.30. The van der Waals surface area contributed by atoms with E-state index in [4.69, 9.17) is 9.15 Å². The lowest BCUT2D eigenvalue weighted by atomic mass is 10.1. The molecule has 1 aliphatic heterocycles. The molecular formula is C20H27IN4O2. The predicted octanol–water partition coefficient (Wildman–Crippen LogP) is 3.67. The van der Waals surface area contributed by atoms with E-state index < -0.39 is 0 Å². The van der Waals surface area contributed by atoms with Crippen molar-refractivity contribution in [3.63, 3.8) is 0 Å². The fraction of sp³-hybridized carbons (Fsp3) is 0.400. The minimum absolute atomic E-state index is 0. The largest absolute Gasteiger partial charge is 0.444 e. The summed E-state index contributed by atoms with van der Waals surface area (Å²) < 4.78 is 10.9. The fourth-order valence-electron chi connectivity index (χ4n) is 2.75. The van der Waals surface area contributed by atoms with Crippen molar-refractivity contribution in [1.29, 1.82) is 0 Å². The topological polar surface area (TPSA) is 71.7 Å². The summed E-state index contributed by atoms with van der Waals surface area (Å²) in [7, 11) is 1.77. The molecule has 2 N–H and O–H groups in total. The number of aliphatic imine (C=N–C) groups is 1. The van der Waals surface area contributed by atoms with Crippen LogP contribution < -0.4 is 10.6 Å². The molecule has 0 spiro atoms. The van der Waals surface area contributed by atoms with Crippen LogP contribution in [0.2, 0.25) is 0 Å². The van der Waals surface area contributed by atoms with Gasteiger partial charge in [0.15, 0.2) is 5.96 Å². The monoisotopic (exact) mass is 482 g/mol. The lowest BCUT2D eigenvalue weighted by Gasteiger charge is -2.15. The number of benzene rings is 1. The van der Waals surface area contributed by atoms with Gasteiger partial charge in [-0.25, -0.2) is 4.98 Å². The molecule has 0 atom stereocenters. The Kier molecular flexibility index (Phi) is 8.80. The van der Waals surface area contributed by atoms with Gasteiger partial charge in [0, 0.05) is 19.2 Å². The number of nitrogens with zero attached hydrogens (tertiary/aromatic N) is 2. The average molecular weight is 482 g/mol. The van der Waals surface area contributed by atoms with Gasteiger partial charge < -0.3 is 19.8 Å². The van der Waals surface area contributed by atoms with E-state index in [0.29, 0.717) is 12.4 Å². The van der Waals surface area contributed by atoms with Crippen LogP contribution in [0, 0.1) is 6.92 Å². The van der Waals surface area contributed by atoms with Gasteiger partial charge in [-0.3, -0.25) is 4.99 Å². The van der Waals surface area contributed by atoms with Crippen LogP contribution in [0.1, 0.15) is 24.1 Å². The number of guanidine groups is 1. The van der Waals surface area contributed by atoms with Crippen LogP contribution in [0.15, 0.2) is 51.6 Å². The SMILES string of the molecule is CN=C(NCCC1=CCOCC1)NCc1coc(-c2ccc(C)cc2)n1.I. The zero-order valence-electron chi connectivity index (χ0n) is 15.8. The molecule has 0 saturated heterocycles. The summed E-state index contributed by atoms with van der Waals surface area (Å²) in [5.74, 6) is 1.40. The third-order valence-electron chi connectivity index (χ3n) is 4.31. The first kappa shape index (κ1) is 21.4. The van der Waals surface area contributed by atoms with Crippen LogP contribution in [0.4, 0.5) is 0 Å². The van der Waals surface area contributed by atoms with Crippen molar-refractivity contribution in [3.05, 3.63) is 53.4 Å². The second kappa shape index (κ2) is 11.1. The van der Waals surface area contributed by atoms with E-state index in [1.54, 1.807) is 13.3 Å². The standard InChI is InChI=1S/C20H26N4O2.HI/c1-15-3-5-17(6-4-15)19-24-18(14-26-19)13-23-20(21-2)22-10-7-16-8-11-25-12-9-16;/h3-6,8,14H,7,9-13H2,1-2H3,(H2,21,22,23);1H. The molecule has 6 nitrogen and oxygen atoms in total. The maximum absolute atomic E-state index is 5.59. The molecule has 0 unspecified atom stereocenters. The predicted molar refractivity (Wildman–Crippen MR) is 118 cm³/mol. The number of aromatic nitrogens is 1.